The average Bonchev–Trinajstić information content (AvgIpc) is 2.81. The SMILES string of the molecule is CCC[C@]1(c2ccccc2)NC(=O)N(CC(=O)NC(C)(C)CC)C1=O. The molecule has 0 unspecified atom stereocenters. The van der Waals surface area contributed by atoms with Crippen molar-refractivity contribution in [1.29, 1.82) is 0 Å². The quantitative estimate of drug-likeness (QED) is 0.746. The lowest BCUT2D eigenvalue weighted by atomic mass is 9.85. The Kier molecular flexibility index (Phi) is 5.50. The molecule has 6 heteroatoms. The summed E-state index contributed by atoms with van der Waals surface area (Å²) >= 11 is 0. The molecular formula is C19H27N3O3. The molecule has 1 aliphatic rings. The Morgan fingerprint density at radius 1 is 1.20 bits per heavy atom. The number of hydrogen-bond donors (Lipinski definition) is 2. The van der Waals surface area contributed by atoms with Crippen molar-refractivity contribution in [1.82, 2.24) is 15.5 Å². The van der Waals surface area contributed by atoms with E-state index in [2.05, 4.69) is 10.6 Å². The first-order chi connectivity index (χ1) is 11.8. The number of amides is 4. The molecule has 0 spiro atoms. The molecule has 1 atom stereocenters. The summed E-state index contributed by atoms with van der Waals surface area (Å²) in [4.78, 5) is 38.8. The van der Waals surface area contributed by atoms with Crippen LogP contribution in [0.4, 0.5) is 4.79 Å². The van der Waals surface area contributed by atoms with Crippen molar-refractivity contribution >= 4 is 17.8 Å². The van der Waals surface area contributed by atoms with Gasteiger partial charge in [-0.05, 0) is 32.3 Å². The van der Waals surface area contributed by atoms with Gasteiger partial charge in [-0.25, -0.2) is 4.79 Å². The van der Waals surface area contributed by atoms with E-state index in [1.807, 2.05) is 58.0 Å². The van der Waals surface area contributed by atoms with E-state index in [-0.39, 0.29) is 23.9 Å². The van der Waals surface area contributed by atoms with Crippen LogP contribution in [-0.2, 0) is 15.1 Å². The van der Waals surface area contributed by atoms with Gasteiger partial charge in [0.15, 0.2) is 0 Å². The Hall–Kier alpha value is -2.37. The van der Waals surface area contributed by atoms with Crippen LogP contribution in [0.1, 0.15) is 52.5 Å². The van der Waals surface area contributed by atoms with Crippen LogP contribution in [0.5, 0.6) is 0 Å². The topological polar surface area (TPSA) is 78.5 Å². The molecule has 1 aromatic rings. The highest BCUT2D eigenvalue weighted by Crippen LogP contribution is 2.33. The molecule has 6 nitrogen and oxygen atoms in total. The van der Waals surface area contributed by atoms with Crippen molar-refractivity contribution in [3.05, 3.63) is 35.9 Å². The zero-order valence-electron chi connectivity index (χ0n) is 15.4. The Labute approximate surface area is 149 Å². The number of hydrogen-bond acceptors (Lipinski definition) is 3. The largest absolute Gasteiger partial charge is 0.350 e. The Morgan fingerprint density at radius 3 is 2.40 bits per heavy atom. The van der Waals surface area contributed by atoms with E-state index in [9.17, 15) is 14.4 Å². The summed E-state index contributed by atoms with van der Waals surface area (Å²) < 4.78 is 0. The van der Waals surface area contributed by atoms with Gasteiger partial charge in [0.25, 0.3) is 5.91 Å². The van der Waals surface area contributed by atoms with Gasteiger partial charge < -0.3 is 10.6 Å². The van der Waals surface area contributed by atoms with E-state index >= 15 is 0 Å². The maximum Gasteiger partial charge on any atom is 0.325 e. The summed E-state index contributed by atoms with van der Waals surface area (Å²) in [6.45, 7) is 7.47. The van der Waals surface area contributed by atoms with Gasteiger partial charge >= 0.3 is 6.03 Å². The minimum atomic E-state index is -1.09. The molecule has 2 N–H and O–H groups in total. The van der Waals surface area contributed by atoms with E-state index in [0.29, 0.717) is 6.42 Å². The number of imide groups is 1. The summed E-state index contributed by atoms with van der Waals surface area (Å²) in [5.74, 6) is -0.703. The van der Waals surface area contributed by atoms with E-state index in [1.54, 1.807) is 0 Å². The van der Waals surface area contributed by atoms with Gasteiger partial charge in [-0.3, -0.25) is 14.5 Å². The third-order valence-electron chi connectivity index (χ3n) is 4.73. The third-order valence-corrected chi connectivity index (χ3v) is 4.73. The van der Waals surface area contributed by atoms with Crippen molar-refractivity contribution in [2.75, 3.05) is 6.54 Å². The first kappa shape index (κ1) is 19.0. The third kappa shape index (κ3) is 3.83. The molecule has 1 saturated heterocycles. The van der Waals surface area contributed by atoms with Crippen molar-refractivity contribution in [3.8, 4) is 0 Å². The molecule has 0 aromatic heterocycles. The molecule has 0 bridgehead atoms. The number of carbonyl (C=O) groups is 3. The second-order valence-corrected chi connectivity index (χ2v) is 7.13. The molecule has 2 rings (SSSR count). The van der Waals surface area contributed by atoms with Crippen LogP contribution in [0.15, 0.2) is 30.3 Å². The minimum absolute atomic E-state index is 0.271. The van der Waals surface area contributed by atoms with E-state index < -0.39 is 11.6 Å². The summed E-state index contributed by atoms with van der Waals surface area (Å²) in [7, 11) is 0. The van der Waals surface area contributed by atoms with Crippen molar-refractivity contribution in [2.45, 2.75) is 58.0 Å². The molecular weight excluding hydrogens is 318 g/mol. The number of urea groups is 1. The summed E-state index contributed by atoms with van der Waals surface area (Å²) in [6, 6.07) is 8.68. The second kappa shape index (κ2) is 7.25. The number of nitrogens with zero attached hydrogens (tertiary/aromatic N) is 1. The molecule has 0 saturated carbocycles. The maximum atomic E-state index is 13.1. The van der Waals surface area contributed by atoms with Gasteiger partial charge in [-0.15, -0.1) is 0 Å². The van der Waals surface area contributed by atoms with Gasteiger partial charge in [0.1, 0.15) is 12.1 Å². The van der Waals surface area contributed by atoms with E-state index in [0.717, 1.165) is 23.3 Å². The van der Waals surface area contributed by atoms with Crippen molar-refractivity contribution in [2.24, 2.45) is 0 Å². The molecule has 1 aliphatic heterocycles. The summed E-state index contributed by atoms with van der Waals surface area (Å²) in [5, 5.41) is 5.68. The standard InChI is InChI=1S/C19H27N3O3/c1-5-12-19(14-10-8-7-9-11-14)16(24)22(17(25)21-19)13-15(23)20-18(3,4)6-2/h7-11H,5-6,12-13H2,1-4H3,(H,20,23)(H,21,25)/t19-/m1/s1. The predicted molar refractivity (Wildman–Crippen MR) is 95.8 cm³/mol. The van der Waals surface area contributed by atoms with Gasteiger partial charge in [0.05, 0.1) is 0 Å². The Morgan fingerprint density at radius 2 is 1.84 bits per heavy atom. The molecule has 25 heavy (non-hydrogen) atoms. The second-order valence-electron chi connectivity index (χ2n) is 7.13. The van der Waals surface area contributed by atoms with Crippen LogP contribution >= 0.6 is 0 Å². The molecule has 1 heterocycles. The molecule has 1 aromatic carbocycles. The zero-order valence-corrected chi connectivity index (χ0v) is 15.4. The molecule has 0 radical (unpaired) electrons. The van der Waals surface area contributed by atoms with Crippen LogP contribution < -0.4 is 10.6 Å². The van der Waals surface area contributed by atoms with Crippen molar-refractivity contribution < 1.29 is 14.4 Å². The first-order valence-electron chi connectivity index (χ1n) is 8.76. The van der Waals surface area contributed by atoms with Gasteiger partial charge in [0, 0.05) is 5.54 Å². The number of nitrogens with one attached hydrogen (secondary N) is 2. The van der Waals surface area contributed by atoms with Crippen LogP contribution in [-0.4, -0.2) is 34.8 Å². The summed E-state index contributed by atoms with van der Waals surface area (Å²) in [5.41, 5.74) is -0.726. The highest BCUT2D eigenvalue weighted by molar-refractivity contribution is 6.09. The maximum absolute atomic E-state index is 13.1. The fourth-order valence-corrected chi connectivity index (χ4v) is 3.03. The fraction of sp³-hybridized carbons (Fsp3) is 0.526. The summed E-state index contributed by atoms with van der Waals surface area (Å²) in [6.07, 6.45) is 1.96. The lowest BCUT2D eigenvalue weighted by Crippen LogP contribution is -2.49. The zero-order chi connectivity index (χ0) is 18.7. The van der Waals surface area contributed by atoms with Crippen LogP contribution in [0, 0.1) is 0 Å². The van der Waals surface area contributed by atoms with Crippen LogP contribution in [0.25, 0.3) is 0 Å². The van der Waals surface area contributed by atoms with Gasteiger partial charge in [0.2, 0.25) is 5.91 Å². The molecule has 0 aliphatic carbocycles. The number of rotatable bonds is 7. The minimum Gasteiger partial charge on any atom is -0.350 e. The predicted octanol–water partition coefficient (Wildman–Crippen LogP) is 2.54. The fourth-order valence-electron chi connectivity index (χ4n) is 3.03. The smallest absolute Gasteiger partial charge is 0.325 e. The highest BCUT2D eigenvalue weighted by atomic mass is 16.2. The van der Waals surface area contributed by atoms with Crippen LogP contribution in [0.3, 0.4) is 0 Å². The highest BCUT2D eigenvalue weighted by Gasteiger charge is 2.52. The number of benzene rings is 1. The van der Waals surface area contributed by atoms with E-state index in [4.69, 9.17) is 0 Å². The van der Waals surface area contributed by atoms with E-state index in [1.165, 1.54) is 0 Å². The molecule has 136 valence electrons. The normalized spacial score (nSPS) is 20.6. The van der Waals surface area contributed by atoms with Crippen molar-refractivity contribution in [3.63, 3.8) is 0 Å². The Balaban J connectivity index is 2.24. The average molecular weight is 345 g/mol. The lowest BCUT2D eigenvalue weighted by molar-refractivity contribution is -0.136. The molecule has 1 fully saturated rings. The lowest BCUT2D eigenvalue weighted by Gasteiger charge is -2.27. The number of carbonyl (C=O) groups excluding carboxylic acids is 3. The monoisotopic (exact) mass is 345 g/mol. The van der Waals surface area contributed by atoms with Gasteiger partial charge in [-0.2, -0.15) is 0 Å². The Bertz CT molecular complexity index is 657. The molecule has 4 amide bonds. The van der Waals surface area contributed by atoms with Gasteiger partial charge in [-0.1, -0.05) is 50.6 Å². The van der Waals surface area contributed by atoms with Crippen LogP contribution in [0.2, 0.25) is 0 Å². The first-order valence-corrected chi connectivity index (χ1v) is 8.76.